The van der Waals surface area contributed by atoms with Gasteiger partial charge in [-0.2, -0.15) is 0 Å². The van der Waals surface area contributed by atoms with Gasteiger partial charge in [0, 0.05) is 10.6 Å². The maximum atomic E-state index is 14.3. The Morgan fingerprint density at radius 1 is 1.14 bits per heavy atom. The molecule has 0 aromatic heterocycles. The van der Waals surface area contributed by atoms with Crippen molar-refractivity contribution >= 4 is 29.7 Å². The quantitative estimate of drug-likeness (QED) is 0.464. The summed E-state index contributed by atoms with van der Waals surface area (Å²) in [4.78, 5) is 43.6. The van der Waals surface area contributed by atoms with Crippen molar-refractivity contribution in [2.75, 3.05) is 6.61 Å². The Hall–Kier alpha value is -3.06. The number of likely N-dealkylation sites (tertiary alicyclic amines) is 1. The molecule has 2 aliphatic rings. The molecule has 3 atom stereocenters. The zero-order valence-electron chi connectivity index (χ0n) is 22.1. The lowest BCUT2D eigenvalue weighted by molar-refractivity contribution is -0.132. The fraction of sp³-hybridized carbons (Fsp3) is 0.483. The van der Waals surface area contributed by atoms with Gasteiger partial charge in [-0.05, 0) is 77.1 Å². The summed E-state index contributed by atoms with van der Waals surface area (Å²) in [6, 6.07) is 15.8. The average Bonchev–Trinajstić information content (AvgIpc) is 3.32. The first-order chi connectivity index (χ1) is 17.4. The Morgan fingerprint density at radius 2 is 1.84 bits per heavy atom. The van der Waals surface area contributed by atoms with Crippen molar-refractivity contribution in [3.8, 4) is 0 Å². The van der Waals surface area contributed by atoms with Crippen LogP contribution in [0.3, 0.4) is 0 Å². The molecule has 0 N–H and O–H groups in total. The molecule has 0 radical (unpaired) electrons. The highest BCUT2D eigenvalue weighted by atomic mass is 35.5. The second-order valence-corrected chi connectivity index (χ2v) is 11.9. The SMILES string of the molecule is CC(C)(C)OC(=O)N1[C@H]([C@@H](C(=O)N2C(=O)OC[C@H]2Cc2ccccc2)c2cccc(Cl)c2)CCC1(C)C. The standard InChI is InChI=1S/C29H35ClN2O5/c1-28(2,3)37-27(35)32-23(14-15-29(32,4)5)24(20-12-9-13-21(30)17-20)25(33)31-22(18-36-26(31)34)16-19-10-7-6-8-11-19/h6-13,17,22-24H,14-16,18H2,1-5H3/t22-,23+,24+/m1/s1. The molecular formula is C29H35ClN2O5. The van der Waals surface area contributed by atoms with Gasteiger partial charge in [0.2, 0.25) is 5.91 Å². The monoisotopic (exact) mass is 526 g/mol. The van der Waals surface area contributed by atoms with Crippen molar-refractivity contribution in [3.05, 3.63) is 70.7 Å². The first kappa shape index (κ1) is 27.0. The number of halogens is 1. The van der Waals surface area contributed by atoms with Gasteiger partial charge in [-0.3, -0.25) is 9.69 Å². The largest absolute Gasteiger partial charge is 0.447 e. The van der Waals surface area contributed by atoms with Crippen LogP contribution in [0.15, 0.2) is 54.6 Å². The third-order valence-corrected chi connectivity index (χ3v) is 7.23. The third kappa shape index (κ3) is 5.93. The number of ether oxygens (including phenoxy) is 2. The highest BCUT2D eigenvalue weighted by Gasteiger charge is 2.52. The predicted molar refractivity (Wildman–Crippen MR) is 141 cm³/mol. The predicted octanol–water partition coefficient (Wildman–Crippen LogP) is 6.19. The number of hydrogen-bond acceptors (Lipinski definition) is 5. The van der Waals surface area contributed by atoms with Crippen molar-refractivity contribution in [1.29, 1.82) is 0 Å². The zero-order valence-corrected chi connectivity index (χ0v) is 22.8. The Labute approximate surface area is 223 Å². The van der Waals surface area contributed by atoms with Crippen LogP contribution in [0.4, 0.5) is 9.59 Å². The molecule has 7 nitrogen and oxygen atoms in total. The van der Waals surface area contributed by atoms with E-state index in [2.05, 4.69) is 0 Å². The molecule has 2 heterocycles. The molecule has 198 valence electrons. The lowest BCUT2D eigenvalue weighted by atomic mass is 9.88. The number of nitrogens with zero attached hydrogens (tertiary/aromatic N) is 2. The number of carbonyl (C=O) groups excluding carboxylic acids is 3. The lowest BCUT2D eigenvalue weighted by Gasteiger charge is -2.40. The molecule has 3 amide bonds. The van der Waals surface area contributed by atoms with Crippen LogP contribution in [0.25, 0.3) is 0 Å². The van der Waals surface area contributed by atoms with Gasteiger partial charge in [-0.25, -0.2) is 14.5 Å². The van der Waals surface area contributed by atoms with E-state index in [1.807, 2.05) is 71.0 Å². The molecule has 2 aliphatic heterocycles. The summed E-state index contributed by atoms with van der Waals surface area (Å²) in [7, 11) is 0. The summed E-state index contributed by atoms with van der Waals surface area (Å²) in [6.45, 7) is 9.51. The van der Waals surface area contributed by atoms with Crippen LogP contribution in [-0.2, 0) is 20.7 Å². The van der Waals surface area contributed by atoms with Gasteiger partial charge in [0.1, 0.15) is 12.2 Å². The number of hydrogen-bond donors (Lipinski definition) is 0. The van der Waals surface area contributed by atoms with E-state index in [4.69, 9.17) is 21.1 Å². The average molecular weight is 527 g/mol. The second-order valence-electron chi connectivity index (χ2n) is 11.4. The first-order valence-corrected chi connectivity index (χ1v) is 13.1. The zero-order chi connectivity index (χ0) is 27.0. The summed E-state index contributed by atoms with van der Waals surface area (Å²) in [5, 5.41) is 0.473. The molecule has 4 rings (SSSR count). The number of imide groups is 1. The molecule has 2 aromatic rings. The van der Waals surface area contributed by atoms with E-state index in [1.165, 1.54) is 4.90 Å². The number of amides is 3. The topological polar surface area (TPSA) is 76.2 Å². The third-order valence-electron chi connectivity index (χ3n) is 7.00. The van der Waals surface area contributed by atoms with Crippen LogP contribution in [0.5, 0.6) is 0 Å². The Bertz CT molecular complexity index is 1160. The van der Waals surface area contributed by atoms with E-state index >= 15 is 0 Å². The summed E-state index contributed by atoms with van der Waals surface area (Å²) < 4.78 is 11.1. The first-order valence-electron chi connectivity index (χ1n) is 12.7. The van der Waals surface area contributed by atoms with Gasteiger partial charge in [0.25, 0.3) is 0 Å². The molecule has 0 unspecified atom stereocenters. The summed E-state index contributed by atoms with van der Waals surface area (Å²) in [6.07, 6.45) is 0.580. The molecule has 37 heavy (non-hydrogen) atoms. The van der Waals surface area contributed by atoms with E-state index in [-0.39, 0.29) is 6.61 Å². The molecular weight excluding hydrogens is 492 g/mol. The highest BCUT2D eigenvalue weighted by molar-refractivity contribution is 6.30. The summed E-state index contributed by atoms with van der Waals surface area (Å²) in [5.41, 5.74) is 0.404. The Morgan fingerprint density at radius 3 is 2.49 bits per heavy atom. The fourth-order valence-electron chi connectivity index (χ4n) is 5.36. The minimum Gasteiger partial charge on any atom is -0.447 e. The number of rotatable bonds is 5. The molecule has 0 bridgehead atoms. The van der Waals surface area contributed by atoms with E-state index in [0.29, 0.717) is 29.8 Å². The minimum absolute atomic E-state index is 0.119. The lowest BCUT2D eigenvalue weighted by Crippen LogP contribution is -2.54. The van der Waals surface area contributed by atoms with Gasteiger partial charge in [0.05, 0.1) is 18.0 Å². The summed E-state index contributed by atoms with van der Waals surface area (Å²) >= 11 is 6.34. The van der Waals surface area contributed by atoms with Crippen LogP contribution < -0.4 is 0 Å². The van der Waals surface area contributed by atoms with Crippen molar-refractivity contribution in [3.63, 3.8) is 0 Å². The van der Waals surface area contributed by atoms with Crippen LogP contribution in [0.2, 0.25) is 5.02 Å². The Kier molecular flexibility index (Phi) is 7.56. The summed E-state index contributed by atoms with van der Waals surface area (Å²) in [5.74, 6) is -1.22. The maximum absolute atomic E-state index is 14.3. The van der Waals surface area contributed by atoms with E-state index in [9.17, 15) is 14.4 Å². The molecule has 8 heteroatoms. The van der Waals surface area contributed by atoms with Crippen molar-refractivity contribution < 1.29 is 23.9 Å². The molecule has 2 saturated heterocycles. The number of cyclic esters (lactones) is 1. The molecule has 2 aromatic carbocycles. The molecule has 0 saturated carbocycles. The molecule has 0 spiro atoms. The van der Waals surface area contributed by atoms with Crippen LogP contribution in [0.1, 0.15) is 64.5 Å². The van der Waals surface area contributed by atoms with E-state index in [1.54, 1.807) is 23.1 Å². The van der Waals surface area contributed by atoms with Gasteiger partial charge in [-0.15, -0.1) is 0 Å². The second kappa shape index (κ2) is 10.4. The van der Waals surface area contributed by atoms with E-state index in [0.717, 1.165) is 5.56 Å². The number of benzene rings is 2. The smallest absolute Gasteiger partial charge is 0.417 e. The van der Waals surface area contributed by atoms with Gasteiger partial charge >= 0.3 is 12.2 Å². The number of carbonyl (C=O) groups is 3. The van der Waals surface area contributed by atoms with Crippen LogP contribution in [-0.4, -0.2) is 57.7 Å². The highest BCUT2D eigenvalue weighted by Crippen LogP contribution is 2.43. The maximum Gasteiger partial charge on any atom is 0.417 e. The molecule has 2 fully saturated rings. The normalized spacial score (nSPS) is 22.1. The van der Waals surface area contributed by atoms with Gasteiger partial charge < -0.3 is 9.47 Å². The van der Waals surface area contributed by atoms with Crippen LogP contribution >= 0.6 is 11.6 Å². The van der Waals surface area contributed by atoms with Crippen LogP contribution in [0, 0.1) is 0 Å². The minimum atomic E-state index is -0.822. The van der Waals surface area contributed by atoms with Crippen molar-refractivity contribution in [2.24, 2.45) is 0 Å². The van der Waals surface area contributed by atoms with Gasteiger partial charge in [-0.1, -0.05) is 54.1 Å². The van der Waals surface area contributed by atoms with Gasteiger partial charge in [0.15, 0.2) is 0 Å². The molecule has 0 aliphatic carbocycles. The Balaban J connectivity index is 1.74. The fourth-order valence-corrected chi connectivity index (χ4v) is 5.55. The van der Waals surface area contributed by atoms with E-state index < -0.39 is 47.2 Å². The van der Waals surface area contributed by atoms with Crippen molar-refractivity contribution in [1.82, 2.24) is 9.80 Å². The van der Waals surface area contributed by atoms with Crippen molar-refractivity contribution in [2.45, 2.75) is 83.0 Å².